The summed E-state index contributed by atoms with van der Waals surface area (Å²) in [7, 11) is 2.09. The van der Waals surface area contributed by atoms with Crippen molar-refractivity contribution in [1.29, 1.82) is 0 Å². The van der Waals surface area contributed by atoms with E-state index in [0.717, 1.165) is 5.56 Å². The zero-order chi connectivity index (χ0) is 15.5. The SMILES string of the molecule is CC(C)NC(CN(C)C1CCC1)(C(N)=O)c1ccccc1. The van der Waals surface area contributed by atoms with Crippen LogP contribution in [0.4, 0.5) is 0 Å². The van der Waals surface area contributed by atoms with Gasteiger partial charge >= 0.3 is 0 Å². The number of carbonyl (C=O) groups is 1. The van der Waals surface area contributed by atoms with Gasteiger partial charge in [-0.05, 0) is 39.3 Å². The quantitative estimate of drug-likeness (QED) is 0.805. The molecular formula is C17H27N3O. The van der Waals surface area contributed by atoms with Crippen molar-refractivity contribution in [2.45, 2.75) is 50.7 Å². The van der Waals surface area contributed by atoms with E-state index in [1.165, 1.54) is 19.3 Å². The Kier molecular flexibility index (Phi) is 5.01. The second kappa shape index (κ2) is 6.58. The fourth-order valence-electron chi connectivity index (χ4n) is 3.06. The molecule has 1 aliphatic carbocycles. The van der Waals surface area contributed by atoms with E-state index in [9.17, 15) is 4.79 Å². The second-order valence-electron chi connectivity index (χ2n) is 6.43. The topological polar surface area (TPSA) is 58.4 Å². The summed E-state index contributed by atoms with van der Waals surface area (Å²) in [6, 6.07) is 10.6. The highest BCUT2D eigenvalue weighted by Gasteiger charge is 2.41. The van der Waals surface area contributed by atoms with Gasteiger partial charge in [-0.3, -0.25) is 10.1 Å². The summed E-state index contributed by atoms with van der Waals surface area (Å²) >= 11 is 0. The van der Waals surface area contributed by atoms with Gasteiger partial charge in [0.1, 0.15) is 5.54 Å². The van der Waals surface area contributed by atoms with Crippen LogP contribution in [0.3, 0.4) is 0 Å². The lowest BCUT2D eigenvalue weighted by atomic mass is 9.85. The summed E-state index contributed by atoms with van der Waals surface area (Å²) in [5, 5.41) is 3.43. The molecule has 1 aromatic carbocycles. The number of hydrogen-bond acceptors (Lipinski definition) is 3. The highest BCUT2D eigenvalue weighted by Crippen LogP contribution is 2.29. The van der Waals surface area contributed by atoms with E-state index in [0.29, 0.717) is 12.6 Å². The lowest BCUT2D eigenvalue weighted by Crippen LogP contribution is -2.61. The van der Waals surface area contributed by atoms with Crippen LogP contribution in [0.15, 0.2) is 30.3 Å². The average molecular weight is 289 g/mol. The third kappa shape index (κ3) is 3.44. The number of amides is 1. The zero-order valence-corrected chi connectivity index (χ0v) is 13.3. The number of benzene rings is 1. The number of rotatable bonds is 7. The minimum Gasteiger partial charge on any atom is -0.368 e. The molecule has 1 amide bonds. The number of carbonyl (C=O) groups excluding carboxylic acids is 1. The van der Waals surface area contributed by atoms with Crippen LogP contribution in [0.5, 0.6) is 0 Å². The molecule has 4 nitrogen and oxygen atoms in total. The summed E-state index contributed by atoms with van der Waals surface area (Å²) < 4.78 is 0. The summed E-state index contributed by atoms with van der Waals surface area (Å²) in [5.74, 6) is -0.312. The van der Waals surface area contributed by atoms with Crippen LogP contribution in [0.1, 0.15) is 38.7 Å². The van der Waals surface area contributed by atoms with Crippen molar-refractivity contribution in [3.8, 4) is 0 Å². The Hall–Kier alpha value is -1.39. The van der Waals surface area contributed by atoms with E-state index in [2.05, 4.69) is 17.3 Å². The first kappa shape index (κ1) is 16.0. The van der Waals surface area contributed by atoms with Crippen molar-refractivity contribution < 1.29 is 4.79 Å². The molecule has 3 N–H and O–H groups in total. The number of nitrogens with two attached hydrogens (primary N) is 1. The molecule has 1 saturated carbocycles. The molecule has 1 aromatic rings. The Labute approximate surface area is 127 Å². The van der Waals surface area contributed by atoms with Crippen LogP contribution in [-0.4, -0.2) is 36.5 Å². The first-order valence-electron chi connectivity index (χ1n) is 7.79. The molecule has 0 spiro atoms. The monoisotopic (exact) mass is 289 g/mol. The second-order valence-corrected chi connectivity index (χ2v) is 6.43. The lowest BCUT2D eigenvalue weighted by molar-refractivity contribution is -0.126. The number of likely N-dealkylation sites (N-methyl/N-ethyl adjacent to an activating group) is 1. The zero-order valence-electron chi connectivity index (χ0n) is 13.3. The Balaban J connectivity index is 2.33. The predicted molar refractivity (Wildman–Crippen MR) is 85.9 cm³/mol. The van der Waals surface area contributed by atoms with Gasteiger partial charge in [0.15, 0.2) is 0 Å². The maximum atomic E-state index is 12.4. The van der Waals surface area contributed by atoms with E-state index < -0.39 is 5.54 Å². The molecule has 1 aliphatic rings. The van der Waals surface area contributed by atoms with Crippen LogP contribution in [-0.2, 0) is 10.3 Å². The molecule has 0 aliphatic heterocycles. The third-order valence-electron chi connectivity index (χ3n) is 4.41. The van der Waals surface area contributed by atoms with Gasteiger partial charge in [0, 0.05) is 18.6 Å². The molecule has 1 fully saturated rings. The minimum atomic E-state index is -0.834. The van der Waals surface area contributed by atoms with E-state index >= 15 is 0 Å². The molecular weight excluding hydrogens is 262 g/mol. The maximum absolute atomic E-state index is 12.4. The maximum Gasteiger partial charge on any atom is 0.243 e. The standard InChI is InChI=1S/C17H27N3O/c1-13(2)19-17(16(18)21,14-8-5-4-6-9-14)12-20(3)15-10-7-11-15/h4-6,8-9,13,15,19H,7,10-12H2,1-3H3,(H2,18,21). The van der Waals surface area contributed by atoms with E-state index in [1.807, 2.05) is 44.2 Å². The summed E-state index contributed by atoms with van der Waals surface area (Å²) in [4.78, 5) is 14.6. The fraction of sp³-hybridized carbons (Fsp3) is 0.588. The van der Waals surface area contributed by atoms with Crippen molar-refractivity contribution in [3.05, 3.63) is 35.9 Å². The Bertz CT molecular complexity index is 470. The van der Waals surface area contributed by atoms with Crippen LogP contribution >= 0.6 is 0 Å². The van der Waals surface area contributed by atoms with Crippen LogP contribution < -0.4 is 11.1 Å². The van der Waals surface area contributed by atoms with Crippen molar-refractivity contribution in [2.24, 2.45) is 5.73 Å². The summed E-state index contributed by atoms with van der Waals surface area (Å²) in [6.45, 7) is 4.70. The molecule has 4 heteroatoms. The van der Waals surface area contributed by atoms with Crippen molar-refractivity contribution in [3.63, 3.8) is 0 Å². The number of nitrogens with zero attached hydrogens (tertiary/aromatic N) is 1. The summed E-state index contributed by atoms with van der Waals surface area (Å²) in [5.41, 5.74) is 5.94. The number of nitrogens with one attached hydrogen (secondary N) is 1. The molecule has 0 aromatic heterocycles. The number of primary amides is 1. The number of hydrogen-bond donors (Lipinski definition) is 2. The third-order valence-corrected chi connectivity index (χ3v) is 4.41. The Morgan fingerprint density at radius 2 is 2.00 bits per heavy atom. The fourth-order valence-corrected chi connectivity index (χ4v) is 3.06. The van der Waals surface area contributed by atoms with E-state index in [1.54, 1.807) is 0 Å². The average Bonchev–Trinajstić information content (AvgIpc) is 2.35. The minimum absolute atomic E-state index is 0.174. The molecule has 1 atom stereocenters. The van der Waals surface area contributed by atoms with Crippen molar-refractivity contribution >= 4 is 5.91 Å². The molecule has 1 unspecified atom stereocenters. The molecule has 0 bridgehead atoms. The Morgan fingerprint density at radius 1 is 1.38 bits per heavy atom. The van der Waals surface area contributed by atoms with Gasteiger partial charge in [0.25, 0.3) is 0 Å². The van der Waals surface area contributed by atoms with Gasteiger partial charge in [0.2, 0.25) is 5.91 Å². The van der Waals surface area contributed by atoms with Crippen LogP contribution in [0.25, 0.3) is 0 Å². The molecule has 2 rings (SSSR count). The van der Waals surface area contributed by atoms with E-state index in [4.69, 9.17) is 5.73 Å². The molecule has 0 heterocycles. The Morgan fingerprint density at radius 3 is 2.43 bits per heavy atom. The molecule has 0 radical (unpaired) electrons. The predicted octanol–water partition coefficient (Wildman–Crippen LogP) is 1.85. The largest absolute Gasteiger partial charge is 0.368 e. The van der Waals surface area contributed by atoms with Crippen molar-refractivity contribution in [2.75, 3.05) is 13.6 Å². The highest BCUT2D eigenvalue weighted by molar-refractivity contribution is 5.86. The van der Waals surface area contributed by atoms with Gasteiger partial charge in [-0.25, -0.2) is 0 Å². The first-order chi connectivity index (χ1) is 9.95. The van der Waals surface area contributed by atoms with Gasteiger partial charge in [-0.15, -0.1) is 0 Å². The van der Waals surface area contributed by atoms with Crippen LogP contribution in [0.2, 0.25) is 0 Å². The molecule has 116 valence electrons. The van der Waals surface area contributed by atoms with Gasteiger partial charge in [-0.2, -0.15) is 0 Å². The van der Waals surface area contributed by atoms with E-state index in [-0.39, 0.29) is 11.9 Å². The van der Waals surface area contributed by atoms with Crippen molar-refractivity contribution in [1.82, 2.24) is 10.2 Å². The normalized spacial score (nSPS) is 18.5. The van der Waals surface area contributed by atoms with Gasteiger partial charge in [-0.1, -0.05) is 36.8 Å². The molecule has 21 heavy (non-hydrogen) atoms. The lowest BCUT2D eigenvalue weighted by Gasteiger charge is -2.42. The van der Waals surface area contributed by atoms with Gasteiger partial charge < -0.3 is 10.6 Å². The van der Waals surface area contributed by atoms with Gasteiger partial charge in [0.05, 0.1) is 0 Å². The molecule has 0 saturated heterocycles. The summed E-state index contributed by atoms with van der Waals surface area (Å²) in [6.07, 6.45) is 3.70. The highest BCUT2D eigenvalue weighted by atomic mass is 16.1. The van der Waals surface area contributed by atoms with Crippen LogP contribution in [0, 0.1) is 0 Å². The first-order valence-corrected chi connectivity index (χ1v) is 7.79. The smallest absolute Gasteiger partial charge is 0.243 e.